The highest BCUT2D eigenvalue weighted by molar-refractivity contribution is 5.92. The number of aromatic nitrogens is 1. The topological polar surface area (TPSA) is 73.6 Å². The zero-order chi connectivity index (χ0) is 17.7. The molecule has 1 aromatic carbocycles. The number of oxazole rings is 1. The number of rotatable bonds is 7. The van der Waals surface area contributed by atoms with Gasteiger partial charge in [-0.05, 0) is 36.1 Å². The van der Waals surface area contributed by atoms with Gasteiger partial charge in [0, 0.05) is 13.5 Å². The van der Waals surface area contributed by atoms with Gasteiger partial charge in [-0.2, -0.15) is 0 Å². The molecule has 2 aromatic rings. The molecule has 0 aliphatic carbocycles. The van der Waals surface area contributed by atoms with Crippen LogP contribution >= 0.6 is 0 Å². The predicted molar refractivity (Wildman–Crippen MR) is 90.9 cm³/mol. The Bertz CT molecular complexity index is 707. The van der Waals surface area contributed by atoms with Crippen molar-refractivity contribution >= 4 is 5.91 Å². The lowest BCUT2D eigenvalue weighted by molar-refractivity contribution is 0.0923. The zero-order valence-corrected chi connectivity index (χ0v) is 14.8. The highest BCUT2D eigenvalue weighted by Crippen LogP contribution is 2.24. The molecule has 1 heterocycles. The van der Waals surface area contributed by atoms with Crippen LogP contribution in [-0.2, 0) is 6.42 Å². The van der Waals surface area contributed by atoms with Crippen molar-refractivity contribution in [1.82, 2.24) is 10.3 Å². The van der Waals surface area contributed by atoms with Gasteiger partial charge >= 0.3 is 0 Å². The van der Waals surface area contributed by atoms with Gasteiger partial charge < -0.3 is 19.2 Å². The summed E-state index contributed by atoms with van der Waals surface area (Å²) in [6, 6.07) is 5.60. The highest BCUT2D eigenvalue weighted by Gasteiger charge is 2.20. The molecule has 0 aliphatic heterocycles. The van der Waals surface area contributed by atoms with E-state index in [1.165, 1.54) is 0 Å². The minimum absolute atomic E-state index is 0.127. The van der Waals surface area contributed by atoms with Gasteiger partial charge in [-0.25, -0.2) is 4.98 Å². The van der Waals surface area contributed by atoms with E-state index in [1.807, 2.05) is 32.0 Å². The Morgan fingerprint density at radius 1 is 1.29 bits per heavy atom. The summed E-state index contributed by atoms with van der Waals surface area (Å²) in [4.78, 5) is 16.6. The molecule has 0 bridgehead atoms. The molecular formula is C18H24N2O4. The van der Waals surface area contributed by atoms with Crippen molar-refractivity contribution in [3.05, 3.63) is 41.1 Å². The molecule has 1 aromatic heterocycles. The molecule has 1 amide bonds. The van der Waals surface area contributed by atoms with E-state index < -0.39 is 0 Å². The molecule has 0 unspecified atom stereocenters. The quantitative estimate of drug-likeness (QED) is 0.843. The first-order valence-corrected chi connectivity index (χ1v) is 7.92. The fourth-order valence-electron chi connectivity index (χ4n) is 2.47. The maximum Gasteiger partial charge on any atom is 0.289 e. The van der Waals surface area contributed by atoms with Gasteiger partial charge in [0.2, 0.25) is 5.76 Å². The summed E-state index contributed by atoms with van der Waals surface area (Å²) in [5.74, 6) is 2.19. The van der Waals surface area contributed by atoms with Crippen LogP contribution in [0.5, 0.6) is 11.5 Å². The van der Waals surface area contributed by atoms with Crippen LogP contribution in [-0.4, -0.2) is 31.7 Å². The smallest absolute Gasteiger partial charge is 0.289 e. The number of hydrogen-bond acceptors (Lipinski definition) is 5. The molecule has 1 N–H and O–H groups in total. The van der Waals surface area contributed by atoms with E-state index in [9.17, 15) is 4.79 Å². The third kappa shape index (κ3) is 4.07. The van der Waals surface area contributed by atoms with E-state index in [1.54, 1.807) is 21.1 Å². The summed E-state index contributed by atoms with van der Waals surface area (Å²) < 4.78 is 16.0. The van der Waals surface area contributed by atoms with E-state index in [0.29, 0.717) is 30.3 Å². The van der Waals surface area contributed by atoms with E-state index in [2.05, 4.69) is 10.3 Å². The zero-order valence-electron chi connectivity index (χ0n) is 14.8. The van der Waals surface area contributed by atoms with Gasteiger partial charge in [-0.1, -0.05) is 13.8 Å². The van der Waals surface area contributed by atoms with Crippen LogP contribution in [0, 0.1) is 6.92 Å². The Hall–Kier alpha value is -2.50. The monoisotopic (exact) mass is 332 g/mol. The second-order valence-electron chi connectivity index (χ2n) is 5.79. The molecule has 0 fully saturated rings. The number of nitrogens with zero attached hydrogens (tertiary/aromatic N) is 1. The molecule has 0 radical (unpaired) electrons. The normalized spacial score (nSPS) is 10.8. The van der Waals surface area contributed by atoms with Gasteiger partial charge in [0.15, 0.2) is 5.89 Å². The van der Waals surface area contributed by atoms with Gasteiger partial charge in [-0.15, -0.1) is 0 Å². The van der Waals surface area contributed by atoms with Crippen molar-refractivity contribution in [2.75, 3.05) is 20.8 Å². The Labute approximate surface area is 142 Å². The number of nitrogens with one attached hydrogen (secondary N) is 1. The maximum atomic E-state index is 12.4. The van der Waals surface area contributed by atoms with Crippen molar-refractivity contribution in [2.24, 2.45) is 0 Å². The van der Waals surface area contributed by atoms with Crippen molar-refractivity contribution in [3.63, 3.8) is 0 Å². The third-order valence-electron chi connectivity index (χ3n) is 3.68. The number of ether oxygens (including phenoxy) is 2. The summed E-state index contributed by atoms with van der Waals surface area (Å²) in [6.07, 6.45) is 0.621. The lowest BCUT2D eigenvalue weighted by Gasteiger charge is -2.11. The van der Waals surface area contributed by atoms with E-state index in [-0.39, 0.29) is 11.8 Å². The molecule has 2 rings (SSSR count). The Kier molecular flexibility index (Phi) is 5.84. The molecule has 0 spiro atoms. The number of amides is 1. The number of methoxy groups -OCH3 is 2. The number of aryl methyl sites for hydroxylation is 1. The lowest BCUT2D eigenvalue weighted by atomic mass is 10.1. The van der Waals surface area contributed by atoms with Gasteiger partial charge in [0.1, 0.15) is 11.5 Å². The summed E-state index contributed by atoms with van der Waals surface area (Å²) in [5, 5.41) is 2.88. The molecule has 6 heteroatoms. The first kappa shape index (κ1) is 17.8. The molecule has 130 valence electrons. The van der Waals surface area contributed by atoms with E-state index in [0.717, 1.165) is 17.1 Å². The first-order chi connectivity index (χ1) is 11.5. The van der Waals surface area contributed by atoms with Crippen LogP contribution < -0.4 is 14.8 Å². The largest absolute Gasteiger partial charge is 0.497 e. The molecule has 0 atom stereocenters. The molecular weight excluding hydrogens is 308 g/mol. The van der Waals surface area contributed by atoms with Crippen LogP contribution in [0.3, 0.4) is 0 Å². The minimum Gasteiger partial charge on any atom is -0.497 e. The SMILES string of the molecule is COc1ccc(OC)c(CCNC(=O)c2oc(C)nc2C(C)C)c1. The van der Waals surface area contributed by atoms with Crippen LogP contribution in [0.1, 0.15) is 47.5 Å². The van der Waals surface area contributed by atoms with Gasteiger partial charge in [0.05, 0.1) is 19.9 Å². The minimum atomic E-state index is -0.249. The average Bonchev–Trinajstić information content (AvgIpc) is 2.97. The average molecular weight is 332 g/mol. The third-order valence-corrected chi connectivity index (χ3v) is 3.68. The fourth-order valence-corrected chi connectivity index (χ4v) is 2.47. The Morgan fingerprint density at radius 3 is 2.67 bits per heavy atom. The summed E-state index contributed by atoms with van der Waals surface area (Å²) in [7, 11) is 3.24. The fraction of sp³-hybridized carbons (Fsp3) is 0.444. The summed E-state index contributed by atoms with van der Waals surface area (Å²) >= 11 is 0. The second-order valence-corrected chi connectivity index (χ2v) is 5.79. The summed E-state index contributed by atoms with van der Waals surface area (Å²) in [6.45, 7) is 6.16. The van der Waals surface area contributed by atoms with Crippen molar-refractivity contribution in [2.45, 2.75) is 33.1 Å². The van der Waals surface area contributed by atoms with Gasteiger partial charge in [-0.3, -0.25) is 4.79 Å². The maximum absolute atomic E-state index is 12.4. The van der Waals surface area contributed by atoms with Crippen LogP contribution in [0.4, 0.5) is 0 Å². The number of carbonyl (C=O) groups is 1. The van der Waals surface area contributed by atoms with Crippen molar-refractivity contribution < 1.29 is 18.7 Å². The van der Waals surface area contributed by atoms with Gasteiger partial charge in [0.25, 0.3) is 5.91 Å². The second kappa shape index (κ2) is 7.86. The molecule has 6 nitrogen and oxygen atoms in total. The Balaban J connectivity index is 2.03. The lowest BCUT2D eigenvalue weighted by Crippen LogP contribution is -2.26. The first-order valence-electron chi connectivity index (χ1n) is 7.92. The molecule has 0 aliphatic rings. The van der Waals surface area contributed by atoms with E-state index in [4.69, 9.17) is 13.9 Å². The molecule has 24 heavy (non-hydrogen) atoms. The van der Waals surface area contributed by atoms with Crippen LogP contribution in [0.15, 0.2) is 22.6 Å². The molecule has 0 saturated carbocycles. The van der Waals surface area contributed by atoms with Crippen LogP contribution in [0.25, 0.3) is 0 Å². The number of benzene rings is 1. The standard InChI is InChI=1S/C18H24N2O4/c1-11(2)16-17(24-12(3)20-16)18(21)19-9-8-13-10-14(22-4)6-7-15(13)23-5/h6-7,10-11H,8-9H2,1-5H3,(H,19,21). The van der Waals surface area contributed by atoms with E-state index >= 15 is 0 Å². The number of carbonyl (C=O) groups excluding carboxylic acids is 1. The van der Waals surface area contributed by atoms with Crippen LogP contribution in [0.2, 0.25) is 0 Å². The van der Waals surface area contributed by atoms with Crippen molar-refractivity contribution in [3.8, 4) is 11.5 Å². The highest BCUT2D eigenvalue weighted by atomic mass is 16.5. The molecule has 0 saturated heterocycles. The predicted octanol–water partition coefficient (Wildman–Crippen LogP) is 3.10. The number of hydrogen-bond donors (Lipinski definition) is 1. The Morgan fingerprint density at radius 2 is 2.04 bits per heavy atom. The summed E-state index contributed by atoms with van der Waals surface area (Å²) in [5.41, 5.74) is 1.65. The van der Waals surface area contributed by atoms with Crippen molar-refractivity contribution in [1.29, 1.82) is 0 Å².